The first-order valence-electron chi connectivity index (χ1n) is 12.4. The number of rotatable bonds is 9. The topological polar surface area (TPSA) is 45.8 Å². The van der Waals surface area contributed by atoms with Gasteiger partial charge in [0.05, 0.1) is 35.5 Å². The van der Waals surface area contributed by atoms with Gasteiger partial charge in [-0.1, -0.05) is 37.3 Å². The summed E-state index contributed by atoms with van der Waals surface area (Å²) in [7, 11) is 0. The van der Waals surface area contributed by atoms with Gasteiger partial charge in [-0.25, -0.2) is 0 Å². The summed E-state index contributed by atoms with van der Waals surface area (Å²) < 4.78 is 91.8. The Morgan fingerprint density at radius 3 is 2.19 bits per heavy atom. The highest BCUT2D eigenvalue weighted by Crippen LogP contribution is 2.39. The molecule has 0 radical (unpaired) electrons. The van der Waals surface area contributed by atoms with E-state index in [2.05, 4.69) is 17.6 Å². The fourth-order valence-corrected chi connectivity index (χ4v) is 4.87. The minimum atomic E-state index is -4.92. The molecule has 4 nitrogen and oxygen atoms in total. The standard InChI is InChI=1S/C27H32F6N2O2/c1-4-25(19-8-6-5-7-9-19,34-15-24(3)11-10-22-23(35-24)37-22)16-36-17(2)18-12-20(26(28,29)30)14-21(13-18)27(31,32)33/h5-9,12-14,17,22-23,34-35H,4,10-11,15-16H2,1-3H3/t17-,22?,23?,24+,25-/m1/s1. The van der Waals surface area contributed by atoms with Crippen molar-refractivity contribution in [2.45, 2.75) is 81.9 Å². The van der Waals surface area contributed by atoms with Gasteiger partial charge in [-0.2, -0.15) is 26.3 Å². The first-order chi connectivity index (χ1) is 17.2. The zero-order valence-electron chi connectivity index (χ0n) is 21.0. The van der Waals surface area contributed by atoms with Crippen molar-refractivity contribution < 1.29 is 35.8 Å². The van der Waals surface area contributed by atoms with Crippen LogP contribution in [0.15, 0.2) is 48.5 Å². The van der Waals surface area contributed by atoms with Crippen LogP contribution in [0.3, 0.4) is 0 Å². The van der Waals surface area contributed by atoms with Crippen molar-refractivity contribution in [1.29, 1.82) is 0 Å². The van der Waals surface area contributed by atoms with Crippen LogP contribution in [0.5, 0.6) is 0 Å². The second-order valence-corrected chi connectivity index (χ2v) is 10.3. The number of nitrogens with one attached hydrogen (secondary N) is 2. The van der Waals surface area contributed by atoms with Crippen molar-refractivity contribution in [3.05, 3.63) is 70.8 Å². The molecule has 4 rings (SSSR count). The van der Waals surface area contributed by atoms with Gasteiger partial charge in [0.2, 0.25) is 0 Å². The lowest BCUT2D eigenvalue weighted by Gasteiger charge is -2.41. The van der Waals surface area contributed by atoms with E-state index < -0.39 is 35.1 Å². The molecule has 2 unspecified atom stereocenters. The molecule has 5 atom stereocenters. The first kappa shape index (κ1) is 27.9. The molecule has 204 valence electrons. The summed E-state index contributed by atoms with van der Waals surface area (Å²) in [4.78, 5) is 0. The second kappa shape index (κ2) is 10.2. The Bertz CT molecular complexity index is 1040. The van der Waals surface area contributed by atoms with Crippen LogP contribution in [-0.2, 0) is 27.4 Å². The molecule has 0 bridgehead atoms. The smallest absolute Gasteiger partial charge is 0.372 e. The van der Waals surface area contributed by atoms with Crippen LogP contribution < -0.4 is 10.6 Å². The van der Waals surface area contributed by atoms with Gasteiger partial charge in [0.15, 0.2) is 0 Å². The van der Waals surface area contributed by atoms with Crippen molar-refractivity contribution in [3.8, 4) is 0 Å². The molecule has 2 aromatic rings. The zero-order chi connectivity index (χ0) is 27.1. The number of fused-ring (bicyclic) bond motifs is 1. The number of ether oxygens (including phenoxy) is 2. The van der Waals surface area contributed by atoms with Crippen LogP contribution in [-0.4, -0.2) is 31.0 Å². The maximum atomic E-state index is 13.4. The van der Waals surface area contributed by atoms with Crippen molar-refractivity contribution >= 4 is 0 Å². The van der Waals surface area contributed by atoms with Crippen LogP contribution in [0.4, 0.5) is 26.3 Å². The summed E-state index contributed by atoms with van der Waals surface area (Å²) in [5.74, 6) is 0. The van der Waals surface area contributed by atoms with E-state index in [0.717, 1.165) is 30.5 Å². The van der Waals surface area contributed by atoms with Crippen LogP contribution in [0.25, 0.3) is 0 Å². The molecule has 0 aliphatic carbocycles. The van der Waals surface area contributed by atoms with Gasteiger partial charge in [-0.3, -0.25) is 5.32 Å². The van der Waals surface area contributed by atoms with E-state index in [9.17, 15) is 26.3 Å². The SMILES string of the molecule is CC[C@](CO[C@H](C)c1cc(C(F)(F)F)cc(C(F)(F)F)c1)(NC[C@]1(C)CCC2OC2N1)c1ccccc1. The molecule has 37 heavy (non-hydrogen) atoms. The molecule has 0 saturated carbocycles. The highest BCUT2D eigenvalue weighted by Gasteiger charge is 2.48. The number of hydrogen-bond donors (Lipinski definition) is 2. The molecular formula is C27H32F6N2O2. The van der Waals surface area contributed by atoms with Crippen molar-refractivity contribution in [2.75, 3.05) is 13.2 Å². The van der Waals surface area contributed by atoms with E-state index in [1.165, 1.54) is 6.92 Å². The van der Waals surface area contributed by atoms with E-state index in [1.54, 1.807) is 0 Å². The average molecular weight is 531 g/mol. The molecule has 0 spiro atoms. The molecule has 2 heterocycles. The van der Waals surface area contributed by atoms with Gasteiger partial charge in [0.1, 0.15) is 6.23 Å². The number of alkyl halides is 6. The van der Waals surface area contributed by atoms with Crippen LogP contribution >= 0.6 is 0 Å². The van der Waals surface area contributed by atoms with E-state index in [4.69, 9.17) is 9.47 Å². The number of piperidine rings is 1. The van der Waals surface area contributed by atoms with E-state index in [1.807, 2.05) is 37.3 Å². The fraction of sp³-hybridized carbons (Fsp3) is 0.556. The van der Waals surface area contributed by atoms with Gasteiger partial charge in [0, 0.05) is 12.1 Å². The average Bonchev–Trinajstić information content (AvgIpc) is 3.62. The zero-order valence-corrected chi connectivity index (χ0v) is 21.0. The normalized spacial score (nSPS) is 26.3. The van der Waals surface area contributed by atoms with Crippen LogP contribution in [0.1, 0.15) is 68.4 Å². The monoisotopic (exact) mass is 530 g/mol. The lowest BCUT2D eigenvalue weighted by molar-refractivity contribution is -0.143. The molecule has 2 aliphatic rings. The van der Waals surface area contributed by atoms with Gasteiger partial charge < -0.3 is 14.8 Å². The maximum absolute atomic E-state index is 13.4. The fourth-order valence-electron chi connectivity index (χ4n) is 4.87. The summed E-state index contributed by atoms with van der Waals surface area (Å²) >= 11 is 0. The molecule has 10 heteroatoms. The molecule has 2 aromatic carbocycles. The number of epoxide rings is 1. The van der Waals surface area contributed by atoms with Crippen LogP contribution in [0.2, 0.25) is 0 Å². The molecular weight excluding hydrogens is 498 g/mol. The summed E-state index contributed by atoms with van der Waals surface area (Å²) in [6, 6.07) is 11.1. The van der Waals surface area contributed by atoms with Gasteiger partial charge in [0.25, 0.3) is 0 Å². The third kappa shape index (κ3) is 6.47. The lowest BCUT2D eigenvalue weighted by Crippen LogP contribution is -2.58. The van der Waals surface area contributed by atoms with Crippen molar-refractivity contribution in [3.63, 3.8) is 0 Å². The van der Waals surface area contributed by atoms with Gasteiger partial charge in [-0.15, -0.1) is 0 Å². The Balaban J connectivity index is 1.57. The van der Waals surface area contributed by atoms with Gasteiger partial charge >= 0.3 is 12.4 Å². The number of hydrogen-bond acceptors (Lipinski definition) is 4. The highest BCUT2D eigenvalue weighted by atomic mass is 19.4. The third-order valence-corrected chi connectivity index (χ3v) is 7.46. The molecule has 0 aromatic heterocycles. The first-order valence-corrected chi connectivity index (χ1v) is 12.4. The Morgan fingerprint density at radius 2 is 1.65 bits per heavy atom. The van der Waals surface area contributed by atoms with Crippen molar-refractivity contribution in [2.24, 2.45) is 0 Å². The number of benzene rings is 2. The highest BCUT2D eigenvalue weighted by molar-refractivity contribution is 5.35. The van der Waals surface area contributed by atoms with E-state index >= 15 is 0 Å². The Kier molecular flexibility index (Phi) is 7.69. The van der Waals surface area contributed by atoms with Crippen molar-refractivity contribution in [1.82, 2.24) is 10.6 Å². The largest absolute Gasteiger partial charge is 0.416 e. The summed E-state index contributed by atoms with van der Waals surface area (Å²) in [5.41, 5.74) is -2.92. The quantitative estimate of drug-likeness (QED) is 0.285. The van der Waals surface area contributed by atoms with Crippen LogP contribution in [0, 0.1) is 0 Å². The van der Waals surface area contributed by atoms with Gasteiger partial charge in [-0.05, 0) is 62.4 Å². The Hall–Kier alpha value is -2.14. The molecule has 2 fully saturated rings. The predicted octanol–water partition coefficient (Wildman–Crippen LogP) is 6.56. The minimum absolute atomic E-state index is 0.0465. The predicted molar refractivity (Wildman–Crippen MR) is 127 cm³/mol. The summed E-state index contributed by atoms with van der Waals surface area (Å²) in [6.45, 7) is 6.16. The molecule has 2 N–H and O–H groups in total. The maximum Gasteiger partial charge on any atom is 0.416 e. The molecule has 0 amide bonds. The van der Waals surface area contributed by atoms with E-state index in [0.29, 0.717) is 13.0 Å². The minimum Gasteiger partial charge on any atom is -0.372 e. The third-order valence-electron chi connectivity index (χ3n) is 7.46. The summed E-state index contributed by atoms with van der Waals surface area (Å²) in [6.07, 6.45) is -8.10. The second-order valence-electron chi connectivity index (χ2n) is 10.3. The lowest BCUT2D eigenvalue weighted by atomic mass is 9.85. The Morgan fingerprint density at radius 1 is 1.03 bits per heavy atom. The summed E-state index contributed by atoms with van der Waals surface area (Å²) in [5, 5.41) is 7.13. The number of halogens is 6. The molecule has 2 saturated heterocycles. The Labute approximate surface area is 212 Å². The van der Waals surface area contributed by atoms with E-state index in [-0.39, 0.29) is 36.1 Å². The molecule has 2 aliphatic heterocycles.